The molecule has 1 aliphatic heterocycles. The van der Waals surface area contributed by atoms with E-state index in [1.807, 2.05) is 30.3 Å². The molecule has 4 rings (SSSR count). The zero-order valence-corrected chi connectivity index (χ0v) is 18.5. The minimum Gasteiger partial charge on any atom is -0.492 e. The summed E-state index contributed by atoms with van der Waals surface area (Å²) in [5.41, 5.74) is 4.57. The zero-order chi connectivity index (χ0) is 22.0. The second-order valence-electron chi connectivity index (χ2n) is 8.22. The summed E-state index contributed by atoms with van der Waals surface area (Å²) in [6, 6.07) is 26.7. The lowest BCUT2D eigenvalue weighted by molar-refractivity contribution is -0.118. The maximum absolute atomic E-state index is 12.3. The molecule has 166 valence electrons. The molecule has 1 aliphatic rings. The monoisotopic (exact) mass is 429 g/mol. The van der Waals surface area contributed by atoms with E-state index in [0.717, 1.165) is 61.7 Å². The Hall–Kier alpha value is -2.95. The molecule has 0 unspecified atom stereocenters. The number of carbonyl (C=O) groups excluding carboxylic acids is 1. The Morgan fingerprint density at radius 2 is 1.47 bits per heavy atom. The van der Waals surface area contributed by atoms with Crippen LogP contribution in [-0.2, 0) is 22.4 Å². The number of nitrogens with zero attached hydrogens (tertiary/aromatic N) is 1. The van der Waals surface area contributed by atoms with Gasteiger partial charge in [-0.05, 0) is 40.8 Å². The summed E-state index contributed by atoms with van der Waals surface area (Å²) in [4.78, 5) is 14.7. The Balaban J connectivity index is 1.23. The molecular formula is C28H31NO3. The maximum atomic E-state index is 12.3. The van der Waals surface area contributed by atoms with Gasteiger partial charge in [0.2, 0.25) is 0 Å². The fourth-order valence-corrected chi connectivity index (χ4v) is 3.92. The minimum absolute atomic E-state index is 0.278. The summed E-state index contributed by atoms with van der Waals surface area (Å²) in [5.74, 6) is 1.17. The molecular weight excluding hydrogens is 398 g/mol. The lowest BCUT2D eigenvalue weighted by atomic mass is 9.99. The fourth-order valence-electron chi connectivity index (χ4n) is 3.92. The number of aryl methyl sites for hydroxylation is 1. The van der Waals surface area contributed by atoms with Gasteiger partial charge < -0.3 is 9.47 Å². The van der Waals surface area contributed by atoms with Gasteiger partial charge in [0.25, 0.3) is 0 Å². The molecule has 3 aromatic rings. The number of benzene rings is 3. The van der Waals surface area contributed by atoms with E-state index in [1.54, 1.807) is 0 Å². The van der Waals surface area contributed by atoms with Gasteiger partial charge in [-0.1, -0.05) is 66.7 Å². The van der Waals surface area contributed by atoms with Crippen LogP contribution in [0.2, 0.25) is 0 Å². The molecule has 32 heavy (non-hydrogen) atoms. The van der Waals surface area contributed by atoms with Crippen molar-refractivity contribution < 1.29 is 14.3 Å². The molecule has 0 bridgehead atoms. The van der Waals surface area contributed by atoms with Gasteiger partial charge in [-0.15, -0.1) is 0 Å². The highest BCUT2D eigenvalue weighted by Crippen LogP contribution is 2.23. The zero-order valence-electron chi connectivity index (χ0n) is 18.5. The Kier molecular flexibility index (Phi) is 8.07. The van der Waals surface area contributed by atoms with Crippen molar-refractivity contribution in [3.05, 3.63) is 90.0 Å². The first-order chi connectivity index (χ1) is 15.8. The number of hydrogen-bond donors (Lipinski definition) is 0. The van der Waals surface area contributed by atoms with Crippen LogP contribution in [0.1, 0.15) is 17.5 Å². The first-order valence-electron chi connectivity index (χ1n) is 11.4. The SMILES string of the molecule is O=C(CCc1ccccc1)Cc1ccc(-c2ccc(OCCN3CCOCC3)cc2)cc1. The molecule has 4 heteroatoms. The number of morpholine rings is 1. The first-order valence-corrected chi connectivity index (χ1v) is 11.4. The van der Waals surface area contributed by atoms with E-state index in [4.69, 9.17) is 9.47 Å². The average molecular weight is 430 g/mol. The third-order valence-corrected chi connectivity index (χ3v) is 5.86. The van der Waals surface area contributed by atoms with E-state index >= 15 is 0 Å². The highest BCUT2D eigenvalue weighted by atomic mass is 16.5. The summed E-state index contributed by atoms with van der Waals surface area (Å²) < 4.78 is 11.3. The van der Waals surface area contributed by atoms with E-state index in [-0.39, 0.29) is 5.78 Å². The van der Waals surface area contributed by atoms with Crippen LogP contribution in [0.5, 0.6) is 5.75 Å². The number of rotatable bonds is 10. The van der Waals surface area contributed by atoms with E-state index in [1.165, 1.54) is 5.56 Å². The third kappa shape index (κ3) is 6.78. The topological polar surface area (TPSA) is 38.8 Å². The van der Waals surface area contributed by atoms with Crippen LogP contribution in [0.4, 0.5) is 0 Å². The Labute approximate surface area is 190 Å². The summed E-state index contributed by atoms with van der Waals surface area (Å²) in [7, 11) is 0. The molecule has 0 atom stereocenters. The normalized spacial score (nSPS) is 14.2. The molecule has 1 saturated heterocycles. The third-order valence-electron chi connectivity index (χ3n) is 5.86. The molecule has 0 aliphatic carbocycles. The number of hydrogen-bond acceptors (Lipinski definition) is 4. The van der Waals surface area contributed by atoms with Gasteiger partial charge in [-0.25, -0.2) is 0 Å². The van der Waals surface area contributed by atoms with E-state index in [9.17, 15) is 4.79 Å². The van der Waals surface area contributed by atoms with Crippen molar-refractivity contribution in [1.82, 2.24) is 4.90 Å². The summed E-state index contributed by atoms with van der Waals surface area (Å²) in [5, 5.41) is 0. The molecule has 0 N–H and O–H groups in total. The van der Waals surface area contributed by atoms with Gasteiger partial charge in [-0.2, -0.15) is 0 Å². The lowest BCUT2D eigenvalue weighted by Crippen LogP contribution is -2.38. The Morgan fingerprint density at radius 1 is 0.812 bits per heavy atom. The minimum atomic E-state index is 0.278. The van der Waals surface area contributed by atoms with Crippen molar-refractivity contribution in [2.24, 2.45) is 0 Å². The van der Waals surface area contributed by atoms with Crippen molar-refractivity contribution in [2.45, 2.75) is 19.3 Å². The van der Waals surface area contributed by atoms with Crippen molar-refractivity contribution in [3.63, 3.8) is 0 Å². The summed E-state index contributed by atoms with van der Waals surface area (Å²) in [6.45, 7) is 5.21. The van der Waals surface area contributed by atoms with Gasteiger partial charge in [0.05, 0.1) is 13.2 Å². The van der Waals surface area contributed by atoms with Crippen LogP contribution in [0.25, 0.3) is 11.1 Å². The quantitative estimate of drug-likeness (QED) is 0.464. The van der Waals surface area contributed by atoms with E-state index < -0.39 is 0 Å². The van der Waals surface area contributed by atoms with Crippen LogP contribution in [-0.4, -0.2) is 50.1 Å². The molecule has 0 radical (unpaired) electrons. The van der Waals surface area contributed by atoms with Crippen LogP contribution in [0.15, 0.2) is 78.9 Å². The number of ketones is 1. The molecule has 4 nitrogen and oxygen atoms in total. The second kappa shape index (κ2) is 11.6. The van der Waals surface area contributed by atoms with Crippen LogP contribution in [0, 0.1) is 0 Å². The van der Waals surface area contributed by atoms with Crippen molar-refractivity contribution in [2.75, 3.05) is 39.5 Å². The maximum Gasteiger partial charge on any atom is 0.137 e. The molecule has 0 aromatic heterocycles. The summed E-state index contributed by atoms with van der Waals surface area (Å²) in [6.07, 6.45) is 1.88. The Bertz CT molecular complexity index is 962. The molecule has 3 aromatic carbocycles. The van der Waals surface area contributed by atoms with Crippen LogP contribution < -0.4 is 4.74 Å². The number of carbonyl (C=O) groups is 1. The van der Waals surface area contributed by atoms with Gasteiger partial charge in [0.15, 0.2) is 0 Å². The highest BCUT2D eigenvalue weighted by molar-refractivity contribution is 5.81. The molecule has 0 amide bonds. The number of ether oxygens (including phenoxy) is 2. The average Bonchev–Trinajstić information content (AvgIpc) is 2.85. The van der Waals surface area contributed by atoms with Gasteiger partial charge in [-0.3, -0.25) is 9.69 Å². The first kappa shape index (κ1) is 22.3. The molecule has 1 fully saturated rings. The van der Waals surface area contributed by atoms with Crippen molar-refractivity contribution >= 4 is 5.78 Å². The lowest BCUT2D eigenvalue weighted by Gasteiger charge is -2.26. The predicted octanol–water partition coefficient (Wildman–Crippen LogP) is 4.81. The van der Waals surface area contributed by atoms with Gasteiger partial charge >= 0.3 is 0 Å². The van der Waals surface area contributed by atoms with Crippen molar-refractivity contribution in [3.8, 4) is 16.9 Å². The van der Waals surface area contributed by atoms with Gasteiger partial charge in [0.1, 0.15) is 18.1 Å². The van der Waals surface area contributed by atoms with Gasteiger partial charge in [0, 0.05) is 32.5 Å². The highest BCUT2D eigenvalue weighted by Gasteiger charge is 2.10. The van der Waals surface area contributed by atoms with Crippen LogP contribution >= 0.6 is 0 Å². The molecule has 0 saturated carbocycles. The largest absolute Gasteiger partial charge is 0.492 e. The fraction of sp³-hybridized carbons (Fsp3) is 0.321. The van der Waals surface area contributed by atoms with E-state index in [2.05, 4.69) is 53.4 Å². The smallest absolute Gasteiger partial charge is 0.137 e. The van der Waals surface area contributed by atoms with Crippen molar-refractivity contribution in [1.29, 1.82) is 0 Å². The number of Topliss-reactive ketones (excluding diaryl/α,β-unsaturated/α-hetero) is 1. The second-order valence-corrected chi connectivity index (χ2v) is 8.22. The van der Waals surface area contributed by atoms with Crippen LogP contribution in [0.3, 0.4) is 0 Å². The Morgan fingerprint density at radius 3 is 2.16 bits per heavy atom. The molecule has 0 spiro atoms. The predicted molar refractivity (Wildman–Crippen MR) is 128 cm³/mol. The van der Waals surface area contributed by atoms with E-state index in [0.29, 0.717) is 19.4 Å². The standard InChI is InChI=1S/C28H31NO3/c30-27(13-8-23-4-2-1-3-5-23)22-24-6-9-25(10-7-24)26-11-14-28(15-12-26)32-21-18-29-16-19-31-20-17-29/h1-7,9-12,14-15H,8,13,16-22H2. The summed E-state index contributed by atoms with van der Waals surface area (Å²) >= 11 is 0. The molecule has 1 heterocycles.